The average molecular weight is 444 g/mol. The lowest BCUT2D eigenvalue weighted by Gasteiger charge is -2.42. The highest BCUT2D eigenvalue weighted by Gasteiger charge is 2.45. The van der Waals surface area contributed by atoms with Gasteiger partial charge in [0.2, 0.25) is 0 Å². The van der Waals surface area contributed by atoms with Gasteiger partial charge in [0.1, 0.15) is 0 Å². The van der Waals surface area contributed by atoms with Crippen LogP contribution in [0.4, 0.5) is 0 Å². The van der Waals surface area contributed by atoms with Crippen molar-refractivity contribution in [1.29, 1.82) is 0 Å². The number of nitrogens with zero attached hydrogens (tertiary/aromatic N) is 1. The zero-order valence-corrected chi connectivity index (χ0v) is 20.3. The number of aromatic nitrogens is 1. The van der Waals surface area contributed by atoms with E-state index in [1.54, 1.807) is 6.20 Å². The largest absolute Gasteiger partial charge is 0.463 e. The summed E-state index contributed by atoms with van der Waals surface area (Å²) in [5, 5.41) is 0. The van der Waals surface area contributed by atoms with Gasteiger partial charge >= 0.3 is 5.97 Å². The van der Waals surface area contributed by atoms with Crippen LogP contribution >= 0.6 is 0 Å². The van der Waals surface area contributed by atoms with Crippen molar-refractivity contribution in [2.24, 2.45) is 11.3 Å². The van der Waals surface area contributed by atoms with E-state index in [1.165, 1.54) is 5.57 Å². The number of benzene rings is 1. The van der Waals surface area contributed by atoms with Gasteiger partial charge in [0.15, 0.2) is 5.78 Å². The molecule has 0 bridgehead atoms. The van der Waals surface area contributed by atoms with Crippen molar-refractivity contribution in [3.8, 4) is 11.1 Å². The fraction of sp³-hybridized carbons (Fsp3) is 0.414. The molecule has 0 fully saturated rings. The number of ketones is 1. The summed E-state index contributed by atoms with van der Waals surface area (Å²) >= 11 is 0. The van der Waals surface area contributed by atoms with Crippen LogP contribution in [0.15, 0.2) is 71.1 Å². The molecule has 0 saturated carbocycles. The second kappa shape index (κ2) is 9.09. The molecule has 2 aliphatic rings. The second-order valence-electron chi connectivity index (χ2n) is 9.91. The maximum Gasteiger partial charge on any atom is 0.334 e. The molecule has 2 aliphatic carbocycles. The third-order valence-electron chi connectivity index (χ3n) is 7.04. The Kier molecular flexibility index (Phi) is 6.38. The first kappa shape index (κ1) is 23.2. The van der Waals surface area contributed by atoms with Crippen molar-refractivity contribution < 1.29 is 14.3 Å². The second-order valence-corrected chi connectivity index (χ2v) is 9.91. The predicted octanol–water partition coefficient (Wildman–Crippen LogP) is 6.44. The molecule has 0 spiro atoms. The monoisotopic (exact) mass is 443 g/mol. The van der Waals surface area contributed by atoms with E-state index in [1.807, 2.05) is 37.4 Å². The molecule has 4 heteroatoms. The molecule has 0 radical (unpaired) electrons. The van der Waals surface area contributed by atoms with E-state index in [-0.39, 0.29) is 29.0 Å². The maximum absolute atomic E-state index is 13.5. The minimum Gasteiger partial charge on any atom is -0.463 e. The van der Waals surface area contributed by atoms with E-state index in [0.717, 1.165) is 40.7 Å². The van der Waals surface area contributed by atoms with Crippen molar-refractivity contribution >= 4 is 11.8 Å². The number of pyridine rings is 1. The first-order chi connectivity index (χ1) is 15.8. The summed E-state index contributed by atoms with van der Waals surface area (Å²) in [7, 11) is 0. The van der Waals surface area contributed by atoms with Gasteiger partial charge in [-0.25, -0.2) is 4.79 Å². The molecule has 4 nitrogen and oxygen atoms in total. The van der Waals surface area contributed by atoms with Crippen LogP contribution in [-0.4, -0.2) is 23.3 Å². The molecule has 1 heterocycles. The zero-order chi connectivity index (χ0) is 23.8. The Labute approximate surface area is 196 Å². The summed E-state index contributed by atoms with van der Waals surface area (Å²) in [6, 6.07) is 12.1. The molecule has 172 valence electrons. The van der Waals surface area contributed by atoms with Crippen molar-refractivity contribution in [2.45, 2.75) is 59.8 Å². The van der Waals surface area contributed by atoms with Crippen molar-refractivity contribution in [3.05, 3.63) is 76.6 Å². The van der Waals surface area contributed by atoms with E-state index < -0.39 is 0 Å². The van der Waals surface area contributed by atoms with Gasteiger partial charge in [-0.1, -0.05) is 69.2 Å². The minimum absolute atomic E-state index is 0.0684. The molecule has 2 unspecified atom stereocenters. The molecular weight excluding hydrogens is 410 g/mol. The summed E-state index contributed by atoms with van der Waals surface area (Å²) in [6.07, 6.45) is 5.72. The molecule has 4 rings (SSSR count). The number of allylic oxidation sites excluding steroid dienone is 3. The Morgan fingerprint density at radius 1 is 1.09 bits per heavy atom. The topological polar surface area (TPSA) is 56.3 Å². The number of Topliss-reactive ketones (excluding diaryl/α,β-unsaturated/α-hetero) is 1. The lowest BCUT2D eigenvalue weighted by atomic mass is 9.61. The van der Waals surface area contributed by atoms with E-state index in [0.29, 0.717) is 18.6 Å². The van der Waals surface area contributed by atoms with Gasteiger partial charge in [-0.15, -0.1) is 0 Å². The van der Waals surface area contributed by atoms with Gasteiger partial charge < -0.3 is 4.74 Å². The Morgan fingerprint density at radius 2 is 1.82 bits per heavy atom. The van der Waals surface area contributed by atoms with Gasteiger partial charge in [-0.2, -0.15) is 0 Å². The fourth-order valence-electron chi connectivity index (χ4n) is 5.58. The number of carbonyl (C=O) groups is 2. The Bertz CT molecular complexity index is 1120. The number of hydrogen-bond donors (Lipinski definition) is 0. The van der Waals surface area contributed by atoms with Crippen molar-refractivity contribution in [1.82, 2.24) is 4.98 Å². The average Bonchev–Trinajstić information content (AvgIpc) is 2.79. The van der Waals surface area contributed by atoms with E-state index >= 15 is 0 Å². The molecule has 0 N–H and O–H groups in total. The Hall–Kier alpha value is -3.01. The lowest BCUT2D eigenvalue weighted by Crippen LogP contribution is -2.36. The van der Waals surface area contributed by atoms with Crippen LogP contribution in [0.2, 0.25) is 0 Å². The van der Waals surface area contributed by atoms with Gasteiger partial charge in [0.05, 0.1) is 6.61 Å². The summed E-state index contributed by atoms with van der Waals surface area (Å²) in [4.78, 5) is 31.0. The molecular formula is C29H33NO3. The highest BCUT2D eigenvalue weighted by Crippen LogP contribution is 2.52. The summed E-state index contributed by atoms with van der Waals surface area (Å²) in [6.45, 7) is 10.7. The number of esters is 1. The Morgan fingerprint density at radius 3 is 2.42 bits per heavy atom. The summed E-state index contributed by atoms with van der Waals surface area (Å²) in [5.74, 6) is -0.450. The number of carbonyl (C=O) groups excluding carboxylic acids is 2. The van der Waals surface area contributed by atoms with Gasteiger partial charge in [-0.05, 0) is 53.9 Å². The van der Waals surface area contributed by atoms with Gasteiger partial charge in [-0.3, -0.25) is 9.78 Å². The van der Waals surface area contributed by atoms with Crippen molar-refractivity contribution in [2.75, 3.05) is 6.61 Å². The van der Waals surface area contributed by atoms with Crippen LogP contribution in [0.5, 0.6) is 0 Å². The maximum atomic E-state index is 13.5. The highest BCUT2D eigenvalue weighted by molar-refractivity contribution is 6.04. The number of rotatable bonds is 5. The molecule has 2 atom stereocenters. The zero-order valence-electron chi connectivity index (χ0n) is 20.3. The highest BCUT2D eigenvalue weighted by atomic mass is 16.5. The van der Waals surface area contributed by atoms with Crippen LogP contribution in [0.3, 0.4) is 0 Å². The third kappa shape index (κ3) is 4.31. The van der Waals surface area contributed by atoms with Crippen LogP contribution in [0.25, 0.3) is 11.1 Å². The molecule has 0 aliphatic heterocycles. The fourth-order valence-corrected chi connectivity index (χ4v) is 5.58. The molecule has 33 heavy (non-hydrogen) atoms. The lowest BCUT2D eigenvalue weighted by molar-refractivity contribution is -0.138. The summed E-state index contributed by atoms with van der Waals surface area (Å²) in [5.41, 5.74) is 6.75. The van der Waals surface area contributed by atoms with Crippen LogP contribution in [-0.2, 0) is 14.3 Å². The third-order valence-corrected chi connectivity index (χ3v) is 7.04. The first-order valence-electron chi connectivity index (χ1n) is 11.9. The standard InChI is InChI=1S/C29H33NO3/c1-6-22-18(3)23-15-29(4,5)16-24(31)26(23)25(27(22)28(32)33-7-2)20-12-10-19(11-13-20)21-9-8-14-30-17-21/h8-14,17-18,25H,6-7,15-16H2,1-5H3. The van der Waals surface area contributed by atoms with Crippen LogP contribution in [0, 0.1) is 11.3 Å². The molecule has 2 aromatic rings. The van der Waals surface area contributed by atoms with Crippen LogP contribution < -0.4 is 0 Å². The normalized spacial score (nSPS) is 22.3. The van der Waals surface area contributed by atoms with Gasteiger partial charge in [0, 0.05) is 35.9 Å². The quantitative estimate of drug-likeness (QED) is 0.499. The molecule has 1 aromatic heterocycles. The van der Waals surface area contributed by atoms with E-state index in [9.17, 15) is 9.59 Å². The van der Waals surface area contributed by atoms with Crippen molar-refractivity contribution in [3.63, 3.8) is 0 Å². The minimum atomic E-state index is -0.378. The molecule has 1 aromatic carbocycles. The smallest absolute Gasteiger partial charge is 0.334 e. The van der Waals surface area contributed by atoms with E-state index in [2.05, 4.69) is 44.8 Å². The van der Waals surface area contributed by atoms with Crippen LogP contribution in [0.1, 0.15) is 65.4 Å². The van der Waals surface area contributed by atoms with Gasteiger partial charge in [0.25, 0.3) is 0 Å². The number of hydrogen-bond acceptors (Lipinski definition) is 4. The summed E-state index contributed by atoms with van der Waals surface area (Å²) < 4.78 is 5.52. The SMILES string of the molecule is CCOC(=O)C1=C(CC)C(C)C2=C(C(=O)CC(C)(C)C2)C1c1ccc(-c2cccnc2)cc1. The predicted molar refractivity (Wildman–Crippen MR) is 131 cm³/mol. The van der Waals surface area contributed by atoms with E-state index in [4.69, 9.17) is 4.74 Å². The molecule has 0 saturated heterocycles. The molecule has 0 amide bonds. The number of ether oxygens (including phenoxy) is 1. The Balaban J connectivity index is 1.88. The first-order valence-corrected chi connectivity index (χ1v) is 11.9.